The number of hydrogen-bond donors (Lipinski definition) is 0. The predicted octanol–water partition coefficient (Wildman–Crippen LogP) is 5.66. The van der Waals surface area contributed by atoms with E-state index in [1.165, 1.54) is 11.1 Å². The highest BCUT2D eigenvalue weighted by Crippen LogP contribution is 2.38. The summed E-state index contributed by atoms with van der Waals surface area (Å²) in [5, 5.41) is 0. The van der Waals surface area contributed by atoms with Crippen molar-refractivity contribution >= 4 is 5.78 Å². The van der Waals surface area contributed by atoms with Gasteiger partial charge in [-0.05, 0) is 42.7 Å². The number of ketones is 1. The maximum absolute atomic E-state index is 13.1. The average Bonchev–Trinajstić information content (AvgIpc) is 2.78. The molecule has 0 fully saturated rings. The fourth-order valence-corrected chi connectivity index (χ4v) is 3.79. The zero-order chi connectivity index (χ0) is 22.4. The van der Waals surface area contributed by atoms with Gasteiger partial charge in [-0.2, -0.15) is 0 Å². The van der Waals surface area contributed by atoms with Crippen molar-refractivity contribution in [2.75, 3.05) is 21.3 Å². The highest BCUT2D eigenvalue weighted by molar-refractivity contribution is 5.82. The largest absolute Gasteiger partial charge is 0.493 e. The van der Waals surface area contributed by atoms with Gasteiger partial charge in [-0.3, -0.25) is 4.79 Å². The summed E-state index contributed by atoms with van der Waals surface area (Å²) in [5.41, 5.74) is 5.54. The van der Waals surface area contributed by atoms with Gasteiger partial charge in [0, 0.05) is 18.8 Å². The van der Waals surface area contributed by atoms with Crippen LogP contribution in [0.2, 0.25) is 0 Å². The fourth-order valence-electron chi connectivity index (χ4n) is 3.79. The third-order valence-corrected chi connectivity index (χ3v) is 5.52. The van der Waals surface area contributed by atoms with Crippen LogP contribution in [0.25, 0.3) is 0 Å². The van der Waals surface area contributed by atoms with Gasteiger partial charge in [0.25, 0.3) is 0 Å². The van der Waals surface area contributed by atoms with Crippen LogP contribution < -0.4 is 14.2 Å². The molecule has 3 aromatic carbocycles. The predicted molar refractivity (Wildman–Crippen MR) is 124 cm³/mol. The lowest BCUT2D eigenvalue weighted by Crippen LogP contribution is -2.11. The van der Waals surface area contributed by atoms with Gasteiger partial charge in [0.15, 0.2) is 11.5 Å². The molecule has 0 bridgehead atoms. The Balaban J connectivity index is 1.87. The van der Waals surface area contributed by atoms with Crippen molar-refractivity contribution in [3.05, 3.63) is 88.5 Å². The molecule has 0 amide bonds. The summed E-state index contributed by atoms with van der Waals surface area (Å²) in [4.78, 5) is 13.1. The molecule has 0 saturated carbocycles. The first-order valence-electron chi connectivity index (χ1n) is 10.4. The molecule has 3 aromatic rings. The fraction of sp³-hybridized carbons (Fsp3) is 0.296. The van der Waals surface area contributed by atoms with Crippen LogP contribution >= 0.6 is 0 Å². The molecule has 0 atom stereocenters. The highest BCUT2D eigenvalue weighted by Gasteiger charge is 2.20. The molecule has 4 nitrogen and oxygen atoms in total. The minimum Gasteiger partial charge on any atom is -0.493 e. The zero-order valence-corrected chi connectivity index (χ0v) is 18.9. The second-order valence-electron chi connectivity index (χ2n) is 7.83. The minimum absolute atomic E-state index is 0.00994. The van der Waals surface area contributed by atoms with E-state index in [4.69, 9.17) is 14.2 Å². The molecular weight excluding hydrogens is 388 g/mol. The van der Waals surface area contributed by atoms with Crippen molar-refractivity contribution < 1.29 is 19.0 Å². The molecule has 0 heterocycles. The summed E-state index contributed by atoms with van der Waals surface area (Å²) in [7, 11) is 4.72. The topological polar surface area (TPSA) is 44.8 Å². The number of rotatable bonds is 9. The Morgan fingerprint density at radius 2 is 1.19 bits per heavy atom. The number of aryl methyl sites for hydroxylation is 2. The third-order valence-electron chi connectivity index (χ3n) is 5.52. The summed E-state index contributed by atoms with van der Waals surface area (Å²) >= 11 is 0. The quantitative estimate of drug-likeness (QED) is 0.450. The molecule has 162 valence electrons. The molecular formula is C27H30O4. The lowest BCUT2D eigenvalue weighted by Gasteiger charge is -2.19. The average molecular weight is 419 g/mol. The normalized spacial score (nSPS) is 10.8. The van der Waals surface area contributed by atoms with E-state index in [1.807, 2.05) is 12.1 Å². The molecule has 0 aliphatic rings. The molecule has 31 heavy (non-hydrogen) atoms. The smallest absolute Gasteiger partial charge is 0.203 e. The minimum atomic E-state index is 0.00994. The molecule has 0 saturated heterocycles. The maximum atomic E-state index is 13.1. The van der Waals surface area contributed by atoms with Crippen LogP contribution in [0.4, 0.5) is 0 Å². The number of carbonyl (C=O) groups excluding carboxylic acids is 1. The summed E-state index contributed by atoms with van der Waals surface area (Å²) < 4.78 is 16.2. The Hall–Kier alpha value is -3.27. The Morgan fingerprint density at radius 1 is 0.742 bits per heavy atom. The van der Waals surface area contributed by atoms with Gasteiger partial charge in [-0.15, -0.1) is 0 Å². The van der Waals surface area contributed by atoms with Gasteiger partial charge in [-0.25, -0.2) is 0 Å². The number of methoxy groups -OCH3 is 3. The van der Waals surface area contributed by atoms with Crippen molar-refractivity contribution in [2.24, 2.45) is 0 Å². The summed E-state index contributed by atoms with van der Waals surface area (Å²) in [6, 6.07) is 20.5. The highest BCUT2D eigenvalue weighted by atomic mass is 16.5. The Kier molecular flexibility index (Phi) is 7.35. The molecule has 0 spiro atoms. The van der Waals surface area contributed by atoms with Crippen LogP contribution in [0, 0.1) is 13.8 Å². The van der Waals surface area contributed by atoms with Gasteiger partial charge in [0.2, 0.25) is 5.75 Å². The maximum Gasteiger partial charge on any atom is 0.203 e. The molecule has 0 aliphatic heterocycles. The number of carbonyl (C=O) groups is 1. The zero-order valence-electron chi connectivity index (χ0n) is 18.9. The van der Waals surface area contributed by atoms with Crippen LogP contribution in [0.3, 0.4) is 0 Å². The molecule has 0 N–H and O–H groups in total. The van der Waals surface area contributed by atoms with E-state index in [1.54, 1.807) is 21.3 Å². The Morgan fingerprint density at radius 3 is 1.58 bits per heavy atom. The van der Waals surface area contributed by atoms with Crippen LogP contribution in [0.1, 0.15) is 40.2 Å². The van der Waals surface area contributed by atoms with Crippen molar-refractivity contribution in [2.45, 2.75) is 32.6 Å². The third kappa shape index (κ3) is 5.46. The lowest BCUT2D eigenvalue weighted by atomic mass is 9.85. The van der Waals surface area contributed by atoms with Crippen LogP contribution in [0.5, 0.6) is 17.2 Å². The van der Waals surface area contributed by atoms with Crippen molar-refractivity contribution in [3.63, 3.8) is 0 Å². The van der Waals surface area contributed by atoms with E-state index >= 15 is 0 Å². The number of hydrogen-bond acceptors (Lipinski definition) is 4. The van der Waals surface area contributed by atoms with E-state index in [9.17, 15) is 4.79 Å². The number of benzene rings is 3. The molecule has 0 unspecified atom stereocenters. The summed E-state index contributed by atoms with van der Waals surface area (Å²) in [6.07, 6.45) is 0.716. The molecule has 4 heteroatoms. The van der Waals surface area contributed by atoms with E-state index < -0.39 is 0 Å². The lowest BCUT2D eigenvalue weighted by molar-refractivity contribution is -0.118. The second kappa shape index (κ2) is 10.2. The first-order valence-corrected chi connectivity index (χ1v) is 10.4. The van der Waals surface area contributed by atoms with Gasteiger partial charge in [0.1, 0.15) is 5.78 Å². The number of Topliss-reactive ketones (excluding diaryl/α,β-unsaturated/α-hetero) is 1. The molecule has 0 aromatic heterocycles. The summed E-state index contributed by atoms with van der Waals surface area (Å²) in [5.74, 6) is 1.80. The number of ether oxygens (including phenoxy) is 3. The van der Waals surface area contributed by atoms with Crippen LogP contribution in [0.15, 0.2) is 60.7 Å². The molecule has 3 rings (SSSR count). The van der Waals surface area contributed by atoms with E-state index in [2.05, 4.69) is 62.4 Å². The van der Waals surface area contributed by atoms with Gasteiger partial charge < -0.3 is 14.2 Å². The second-order valence-corrected chi connectivity index (χ2v) is 7.83. The molecule has 0 aliphatic carbocycles. The van der Waals surface area contributed by atoms with E-state index in [0.717, 1.165) is 16.7 Å². The van der Waals surface area contributed by atoms with Gasteiger partial charge in [0.05, 0.1) is 21.3 Å². The SMILES string of the molecule is COc1cc(CC(=O)CC(c2ccc(C)cc2)c2ccc(C)cc2)cc(OC)c1OC. The van der Waals surface area contributed by atoms with Crippen LogP contribution in [-0.4, -0.2) is 27.1 Å². The Bertz CT molecular complexity index is 950. The van der Waals surface area contributed by atoms with E-state index in [0.29, 0.717) is 30.1 Å². The van der Waals surface area contributed by atoms with Gasteiger partial charge in [-0.1, -0.05) is 59.7 Å². The first kappa shape index (κ1) is 22.4. The molecule has 0 radical (unpaired) electrons. The van der Waals surface area contributed by atoms with Crippen molar-refractivity contribution in [1.82, 2.24) is 0 Å². The Labute approximate surface area is 184 Å². The van der Waals surface area contributed by atoms with Gasteiger partial charge >= 0.3 is 0 Å². The van der Waals surface area contributed by atoms with Crippen molar-refractivity contribution in [3.8, 4) is 17.2 Å². The van der Waals surface area contributed by atoms with Crippen molar-refractivity contribution in [1.29, 1.82) is 0 Å². The monoisotopic (exact) mass is 418 g/mol. The summed E-state index contributed by atoms with van der Waals surface area (Å²) in [6.45, 7) is 4.14. The first-order chi connectivity index (χ1) is 14.9. The van der Waals surface area contributed by atoms with Crippen LogP contribution in [-0.2, 0) is 11.2 Å². The standard InChI is InChI=1S/C27H30O4/c1-18-6-10-21(11-7-18)24(22-12-8-19(2)9-13-22)17-23(28)14-20-15-25(29-3)27(31-5)26(16-20)30-4/h6-13,15-16,24H,14,17H2,1-5H3. The van der Waals surface area contributed by atoms with E-state index in [-0.39, 0.29) is 11.7 Å².